The number of nitrogens with two attached hydrogens (primary N) is 1. The fourth-order valence-corrected chi connectivity index (χ4v) is 6.66. The highest BCUT2D eigenvalue weighted by atomic mass is 16.5. The van der Waals surface area contributed by atoms with Crippen LogP contribution in [0.1, 0.15) is 59.1 Å². The molecule has 4 aromatic rings. The number of hydrogen-bond donors (Lipinski definition) is 3. The maximum atomic E-state index is 13.1. The number of nitrogens with one attached hydrogen (secondary N) is 2. The number of aromatic nitrogens is 4. The van der Waals surface area contributed by atoms with Gasteiger partial charge in [-0.05, 0) is 24.7 Å². The van der Waals surface area contributed by atoms with Gasteiger partial charge in [0.1, 0.15) is 11.6 Å². The van der Waals surface area contributed by atoms with Gasteiger partial charge >= 0.3 is 0 Å². The van der Waals surface area contributed by atoms with Gasteiger partial charge in [-0.15, -0.1) is 0 Å². The zero-order chi connectivity index (χ0) is 32.8. The van der Waals surface area contributed by atoms with Crippen LogP contribution in [0.4, 0.5) is 0 Å². The number of ether oxygens (including phenoxy) is 1. The zero-order valence-corrected chi connectivity index (χ0v) is 27.5. The smallest absolute Gasteiger partial charge is 0.271 e. The second kappa shape index (κ2) is 15.1. The van der Waals surface area contributed by atoms with E-state index >= 15 is 0 Å². The second-order valence-electron chi connectivity index (χ2n) is 12.9. The summed E-state index contributed by atoms with van der Waals surface area (Å²) >= 11 is 0. The Hall–Kier alpha value is -4.32. The Morgan fingerprint density at radius 1 is 0.894 bits per heavy atom. The molecule has 11 heteroatoms. The minimum Gasteiger partial charge on any atom is -0.381 e. The zero-order valence-electron chi connectivity index (χ0n) is 27.5. The number of fused-ring (bicyclic) bond motifs is 2. The van der Waals surface area contributed by atoms with E-state index in [1.165, 1.54) is 0 Å². The van der Waals surface area contributed by atoms with Crippen LogP contribution in [0.25, 0.3) is 22.8 Å². The summed E-state index contributed by atoms with van der Waals surface area (Å²) in [6, 6.07) is 20.1. The van der Waals surface area contributed by atoms with Crippen molar-refractivity contribution >= 4 is 11.8 Å². The molecule has 0 saturated carbocycles. The number of carbonyl (C=O) groups is 2. The molecule has 3 aliphatic heterocycles. The first-order valence-electron chi connectivity index (χ1n) is 16.8. The van der Waals surface area contributed by atoms with Crippen molar-refractivity contribution < 1.29 is 14.3 Å². The van der Waals surface area contributed by atoms with E-state index in [4.69, 9.17) is 15.5 Å². The molecular weight excluding hydrogens is 592 g/mol. The molecule has 1 fully saturated rings. The molecule has 0 unspecified atom stereocenters. The van der Waals surface area contributed by atoms with Crippen molar-refractivity contribution in [2.75, 3.05) is 39.4 Å². The fraction of sp³-hybridized carbons (Fsp3) is 0.444. The van der Waals surface area contributed by atoms with Crippen molar-refractivity contribution in [2.24, 2.45) is 17.6 Å². The molecule has 0 radical (unpaired) electrons. The van der Waals surface area contributed by atoms with Crippen LogP contribution in [-0.2, 0) is 30.9 Å². The molecule has 1 saturated heterocycles. The molecule has 5 heterocycles. The molecule has 3 aliphatic rings. The largest absolute Gasteiger partial charge is 0.381 e. The van der Waals surface area contributed by atoms with Gasteiger partial charge in [0.2, 0.25) is 0 Å². The first kappa shape index (κ1) is 32.6. The molecule has 248 valence electrons. The minimum atomic E-state index is -0.468. The summed E-state index contributed by atoms with van der Waals surface area (Å²) in [7, 11) is 0. The van der Waals surface area contributed by atoms with Gasteiger partial charge in [-0.3, -0.25) is 14.5 Å². The van der Waals surface area contributed by atoms with Crippen molar-refractivity contribution in [3.63, 3.8) is 0 Å². The lowest BCUT2D eigenvalue weighted by Gasteiger charge is -2.30. The Morgan fingerprint density at radius 3 is 2.13 bits per heavy atom. The first-order valence-corrected chi connectivity index (χ1v) is 16.8. The predicted molar refractivity (Wildman–Crippen MR) is 182 cm³/mol. The van der Waals surface area contributed by atoms with Gasteiger partial charge in [-0.1, -0.05) is 74.5 Å². The highest BCUT2D eigenvalue weighted by Gasteiger charge is 2.29. The molecule has 0 spiro atoms. The average Bonchev–Trinajstić information content (AvgIpc) is 3.68. The summed E-state index contributed by atoms with van der Waals surface area (Å²) in [6.45, 7) is 12.8. The molecule has 2 amide bonds. The van der Waals surface area contributed by atoms with Crippen LogP contribution in [-0.4, -0.2) is 75.2 Å². The SMILES string of the molecule is CC(C)CN1CCn2c(-c3ccccc3)nc(C(=O)NCC3CCOCC3)c2C1.NC(=O)c1nc(-c2ccccc2)n2c1CNCC2. The first-order chi connectivity index (χ1) is 22.9. The third-order valence-corrected chi connectivity index (χ3v) is 8.99. The maximum Gasteiger partial charge on any atom is 0.271 e. The Balaban J connectivity index is 0.000000183. The van der Waals surface area contributed by atoms with Gasteiger partial charge in [0.15, 0.2) is 11.4 Å². The highest BCUT2D eigenvalue weighted by Crippen LogP contribution is 2.27. The van der Waals surface area contributed by atoms with Crippen LogP contribution in [0, 0.1) is 11.8 Å². The second-order valence-corrected chi connectivity index (χ2v) is 12.9. The quantitative estimate of drug-likeness (QED) is 0.267. The topological polar surface area (TPSA) is 132 Å². The van der Waals surface area contributed by atoms with Crippen molar-refractivity contribution in [1.29, 1.82) is 0 Å². The summed E-state index contributed by atoms with van der Waals surface area (Å²) in [5.74, 6) is 2.31. The molecule has 47 heavy (non-hydrogen) atoms. The lowest BCUT2D eigenvalue weighted by molar-refractivity contribution is 0.0641. The van der Waals surface area contributed by atoms with E-state index in [-0.39, 0.29) is 5.91 Å². The Labute approximate surface area is 276 Å². The average molecular weight is 639 g/mol. The number of primary amides is 1. The van der Waals surface area contributed by atoms with E-state index in [1.54, 1.807) is 0 Å². The predicted octanol–water partition coefficient (Wildman–Crippen LogP) is 3.93. The van der Waals surface area contributed by atoms with Crippen LogP contribution in [0.5, 0.6) is 0 Å². The Morgan fingerprint density at radius 2 is 1.51 bits per heavy atom. The number of nitrogens with zero attached hydrogens (tertiary/aromatic N) is 5. The van der Waals surface area contributed by atoms with Gasteiger partial charge in [0.25, 0.3) is 11.8 Å². The van der Waals surface area contributed by atoms with Crippen molar-refractivity contribution in [3.05, 3.63) is 83.4 Å². The third kappa shape index (κ3) is 7.64. The van der Waals surface area contributed by atoms with Crippen molar-refractivity contribution in [1.82, 2.24) is 34.6 Å². The number of carbonyl (C=O) groups excluding carboxylic acids is 2. The Bertz CT molecular complexity index is 1660. The highest BCUT2D eigenvalue weighted by molar-refractivity contribution is 5.94. The molecular formula is C36H46N8O3. The van der Waals surface area contributed by atoms with E-state index in [0.717, 1.165) is 99.5 Å². The van der Waals surface area contributed by atoms with Crippen molar-refractivity contribution in [3.8, 4) is 22.8 Å². The van der Waals surface area contributed by atoms with Gasteiger partial charge < -0.3 is 30.2 Å². The van der Waals surface area contributed by atoms with Gasteiger partial charge in [-0.2, -0.15) is 0 Å². The van der Waals surface area contributed by atoms with Gasteiger partial charge in [-0.25, -0.2) is 9.97 Å². The lowest BCUT2D eigenvalue weighted by atomic mass is 10.0. The molecule has 4 N–H and O–H groups in total. The normalized spacial score (nSPS) is 16.6. The summed E-state index contributed by atoms with van der Waals surface area (Å²) in [4.78, 5) is 36.2. The lowest BCUT2D eigenvalue weighted by Crippen LogP contribution is -2.38. The van der Waals surface area contributed by atoms with Crippen LogP contribution < -0.4 is 16.4 Å². The van der Waals surface area contributed by atoms with Crippen LogP contribution in [0.2, 0.25) is 0 Å². The summed E-state index contributed by atoms with van der Waals surface area (Å²) in [6.07, 6.45) is 2.03. The van der Waals surface area contributed by atoms with Gasteiger partial charge in [0, 0.05) is 76.7 Å². The van der Waals surface area contributed by atoms with E-state index in [1.807, 2.05) is 48.5 Å². The van der Waals surface area contributed by atoms with E-state index in [9.17, 15) is 9.59 Å². The molecule has 0 atom stereocenters. The minimum absolute atomic E-state index is 0.0474. The molecule has 0 bridgehead atoms. The summed E-state index contributed by atoms with van der Waals surface area (Å²) in [5.41, 5.74) is 10.3. The number of rotatable bonds is 8. The number of imidazole rings is 2. The molecule has 2 aromatic carbocycles. The third-order valence-electron chi connectivity index (χ3n) is 8.99. The van der Waals surface area contributed by atoms with Crippen LogP contribution in [0.15, 0.2) is 60.7 Å². The molecule has 2 aromatic heterocycles. The number of amides is 2. The van der Waals surface area contributed by atoms with Gasteiger partial charge in [0.05, 0.1) is 11.4 Å². The molecule has 0 aliphatic carbocycles. The monoisotopic (exact) mass is 638 g/mol. The maximum absolute atomic E-state index is 13.1. The van der Waals surface area contributed by atoms with E-state index in [2.05, 4.69) is 55.6 Å². The number of benzene rings is 2. The van der Waals surface area contributed by atoms with Crippen molar-refractivity contribution in [2.45, 2.75) is 52.9 Å². The fourth-order valence-electron chi connectivity index (χ4n) is 6.66. The Kier molecular flexibility index (Phi) is 10.4. The summed E-state index contributed by atoms with van der Waals surface area (Å²) in [5, 5.41) is 6.38. The van der Waals surface area contributed by atoms with E-state index in [0.29, 0.717) is 36.3 Å². The van der Waals surface area contributed by atoms with Crippen LogP contribution >= 0.6 is 0 Å². The molecule has 7 rings (SSSR count). The number of hydrogen-bond acceptors (Lipinski definition) is 7. The summed E-state index contributed by atoms with van der Waals surface area (Å²) < 4.78 is 9.75. The standard InChI is InChI=1S/C23H32N4O2.C13H14N4O/c1-17(2)15-26-10-11-27-20(16-26)21(25-22(27)19-6-4-3-5-7-19)23(28)24-14-18-8-12-29-13-9-18;14-12(18)11-10-8-15-6-7-17(10)13(16-11)9-4-2-1-3-5-9/h3-7,17-18H,8-16H2,1-2H3,(H,24,28);1-5,15H,6-8H2,(H2,14,18). The molecule has 11 nitrogen and oxygen atoms in total. The van der Waals surface area contributed by atoms with E-state index < -0.39 is 5.91 Å². The van der Waals surface area contributed by atoms with Crippen LogP contribution in [0.3, 0.4) is 0 Å².